The minimum absolute atomic E-state index is 0.0797. The number of carbonyl (C=O) groups is 1. The number of nitrogens with one attached hydrogen (secondary N) is 1. The van der Waals surface area contributed by atoms with Crippen LogP contribution < -0.4 is 5.32 Å². The van der Waals surface area contributed by atoms with E-state index in [9.17, 15) is 9.90 Å². The van der Waals surface area contributed by atoms with Gasteiger partial charge in [-0.25, -0.2) is 0 Å². The number of aliphatic hydroxyl groups excluding tert-OH is 1. The summed E-state index contributed by atoms with van der Waals surface area (Å²) >= 11 is 0. The summed E-state index contributed by atoms with van der Waals surface area (Å²) in [6.45, 7) is 7.51. The van der Waals surface area contributed by atoms with Crippen LogP contribution in [0, 0.1) is 5.92 Å². The molecule has 2 rings (SSSR count). The van der Waals surface area contributed by atoms with E-state index in [0.717, 1.165) is 13.1 Å². The molecule has 1 aliphatic heterocycles. The molecular weight excluding hydrogens is 290 g/mol. The zero-order chi connectivity index (χ0) is 16.8. The Balaban J connectivity index is 1.85. The molecule has 0 bridgehead atoms. The van der Waals surface area contributed by atoms with E-state index in [-0.39, 0.29) is 17.9 Å². The lowest BCUT2D eigenvalue weighted by molar-refractivity contribution is -0.131. The zero-order valence-corrected chi connectivity index (χ0v) is 14.4. The van der Waals surface area contributed by atoms with E-state index in [1.54, 1.807) is 0 Å². The summed E-state index contributed by atoms with van der Waals surface area (Å²) in [7, 11) is 2.01. The molecule has 5 nitrogen and oxygen atoms in total. The van der Waals surface area contributed by atoms with Gasteiger partial charge in [0.15, 0.2) is 0 Å². The van der Waals surface area contributed by atoms with Crippen molar-refractivity contribution in [2.75, 3.05) is 33.2 Å². The zero-order valence-electron chi connectivity index (χ0n) is 14.4. The smallest absolute Gasteiger partial charge is 0.237 e. The molecular formula is C18H29N3O2. The lowest BCUT2D eigenvalue weighted by Gasteiger charge is -2.38. The van der Waals surface area contributed by atoms with E-state index in [4.69, 9.17) is 0 Å². The number of likely N-dealkylation sites (N-methyl/N-ethyl adjacent to an activating group) is 1. The number of rotatable bonds is 7. The third-order valence-corrected chi connectivity index (χ3v) is 4.25. The first-order valence-corrected chi connectivity index (χ1v) is 8.39. The Morgan fingerprint density at radius 2 is 2.04 bits per heavy atom. The van der Waals surface area contributed by atoms with Crippen molar-refractivity contribution in [1.82, 2.24) is 15.1 Å². The second kappa shape index (κ2) is 8.43. The van der Waals surface area contributed by atoms with E-state index in [0.29, 0.717) is 19.6 Å². The van der Waals surface area contributed by atoms with Gasteiger partial charge in [-0.3, -0.25) is 14.6 Å². The standard InChI is InChI=1S/C18H29N3O2/c1-14(2)17-18(23)19-9-10-21(17)13-16(22)12-20(3)11-15-7-5-4-6-8-15/h4-8,14,16-17,22H,9-13H2,1-3H3,(H,19,23). The largest absolute Gasteiger partial charge is 0.390 e. The number of hydrogen-bond donors (Lipinski definition) is 2. The molecule has 2 atom stereocenters. The van der Waals surface area contributed by atoms with Gasteiger partial charge in [-0.15, -0.1) is 0 Å². The fourth-order valence-electron chi connectivity index (χ4n) is 3.31. The molecule has 0 aromatic heterocycles. The fraction of sp³-hybridized carbons (Fsp3) is 0.611. The van der Waals surface area contributed by atoms with Gasteiger partial charge in [0.2, 0.25) is 5.91 Å². The van der Waals surface area contributed by atoms with Crippen molar-refractivity contribution >= 4 is 5.91 Å². The summed E-state index contributed by atoms with van der Waals surface area (Å²) in [5, 5.41) is 13.3. The number of carbonyl (C=O) groups excluding carboxylic acids is 1. The van der Waals surface area contributed by atoms with Crippen molar-refractivity contribution in [1.29, 1.82) is 0 Å². The van der Waals surface area contributed by atoms with E-state index in [2.05, 4.69) is 41.1 Å². The molecule has 0 saturated carbocycles. The summed E-state index contributed by atoms with van der Waals surface area (Å²) in [5.74, 6) is 0.320. The first kappa shape index (κ1) is 17.9. The number of hydrogen-bond acceptors (Lipinski definition) is 4. The number of amides is 1. The molecule has 1 aromatic carbocycles. The van der Waals surface area contributed by atoms with Gasteiger partial charge in [-0.1, -0.05) is 44.2 Å². The average molecular weight is 319 g/mol. The van der Waals surface area contributed by atoms with E-state index < -0.39 is 6.10 Å². The Labute approximate surface area is 139 Å². The van der Waals surface area contributed by atoms with Crippen LogP contribution >= 0.6 is 0 Å². The molecule has 0 aliphatic carbocycles. The quantitative estimate of drug-likeness (QED) is 0.785. The highest BCUT2D eigenvalue weighted by Crippen LogP contribution is 2.15. The first-order valence-electron chi connectivity index (χ1n) is 8.39. The van der Waals surface area contributed by atoms with E-state index in [1.165, 1.54) is 5.56 Å². The Kier molecular flexibility index (Phi) is 6.57. The van der Waals surface area contributed by atoms with Gasteiger partial charge >= 0.3 is 0 Å². The lowest BCUT2D eigenvalue weighted by atomic mass is 9.99. The van der Waals surface area contributed by atoms with Gasteiger partial charge in [0.1, 0.15) is 0 Å². The Bertz CT molecular complexity index is 492. The molecule has 2 unspecified atom stereocenters. The van der Waals surface area contributed by atoms with Gasteiger partial charge in [-0.05, 0) is 18.5 Å². The molecule has 1 heterocycles. The Morgan fingerprint density at radius 3 is 2.70 bits per heavy atom. The summed E-state index contributed by atoms with van der Waals surface area (Å²) in [6, 6.07) is 10.1. The number of nitrogens with zero attached hydrogens (tertiary/aromatic N) is 2. The fourth-order valence-corrected chi connectivity index (χ4v) is 3.31. The van der Waals surface area contributed by atoms with Crippen LogP contribution in [0.5, 0.6) is 0 Å². The first-order chi connectivity index (χ1) is 11.0. The second-order valence-electron chi connectivity index (χ2n) is 6.81. The molecule has 0 radical (unpaired) electrons. The summed E-state index contributed by atoms with van der Waals surface area (Å²) in [4.78, 5) is 16.3. The highest BCUT2D eigenvalue weighted by Gasteiger charge is 2.33. The Morgan fingerprint density at radius 1 is 1.35 bits per heavy atom. The molecule has 1 aliphatic rings. The van der Waals surface area contributed by atoms with Crippen LogP contribution in [0.15, 0.2) is 30.3 Å². The van der Waals surface area contributed by atoms with Crippen LogP contribution in [-0.4, -0.2) is 66.2 Å². The van der Waals surface area contributed by atoms with Crippen LogP contribution in [0.1, 0.15) is 19.4 Å². The van der Waals surface area contributed by atoms with Gasteiger partial charge < -0.3 is 10.4 Å². The topological polar surface area (TPSA) is 55.8 Å². The molecule has 0 spiro atoms. The van der Waals surface area contributed by atoms with Crippen LogP contribution in [-0.2, 0) is 11.3 Å². The number of β-amino-alcohol motifs (C(OH)–C–C–N with tert-alkyl or cyclic N) is 1. The summed E-state index contributed by atoms with van der Waals surface area (Å²) in [5.41, 5.74) is 1.24. The maximum Gasteiger partial charge on any atom is 0.237 e. The minimum Gasteiger partial charge on any atom is -0.390 e. The average Bonchev–Trinajstić information content (AvgIpc) is 2.47. The highest BCUT2D eigenvalue weighted by atomic mass is 16.3. The van der Waals surface area contributed by atoms with Crippen LogP contribution in [0.2, 0.25) is 0 Å². The van der Waals surface area contributed by atoms with Crippen molar-refractivity contribution in [3.05, 3.63) is 35.9 Å². The molecule has 1 aromatic rings. The number of aliphatic hydroxyl groups is 1. The summed E-state index contributed by atoms with van der Waals surface area (Å²) in [6.07, 6.45) is -0.462. The normalized spacial score (nSPS) is 20.8. The van der Waals surface area contributed by atoms with Crippen LogP contribution in [0.25, 0.3) is 0 Å². The minimum atomic E-state index is -0.462. The van der Waals surface area contributed by atoms with Crippen molar-refractivity contribution in [3.63, 3.8) is 0 Å². The van der Waals surface area contributed by atoms with Gasteiger partial charge in [-0.2, -0.15) is 0 Å². The molecule has 23 heavy (non-hydrogen) atoms. The van der Waals surface area contributed by atoms with E-state index in [1.807, 2.05) is 25.2 Å². The molecule has 1 saturated heterocycles. The van der Waals surface area contributed by atoms with Crippen molar-refractivity contribution in [3.8, 4) is 0 Å². The van der Waals surface area contributed by atoms with Crippen LogP contribution in [0.3, 0.4) is 0 Å². The SMILES string of the molecule is CC(C)C1C(=O)NCCN1CC(O)CN(C)Cc1ccccc1. The number of piperazine rings is 1. The molecule has 1 amide bonds. The predicted octanol–water partition coefficient (Wildman–Crippen LogP) is 0.936. The molecule has 2 N–H and O–H groups in total. The maximum atomic E-state index is 12.0. The second-order valence-corrected chi connectivity index (χ2v) is 6.81. The predicted molar refractivity (Wildman–Crippen MR) is 92.0 cm³/mol. The third-order valence-electron chi connectivity index (χ3n) is 4.25. The maximum absolute atomic E-state index is 12.0. The van der Waals surface area contributed by atoms with Crippen molar-refractivity contribution in [2.45, 2.75) is 32.5 Å². The summed E-state index contributed by atoms with van der Waals surface area (Å²) < 4.78 is 0. The Hall–Kier alpha value is -1.43. The number of benzene rings is 1. The molecule has 128 valence electrons. The molecule has 5 heteroatoms. The lowest BCUT2D eigenvalue weighted by Crippen LogP contribution is -2.59. The van der Waals surface area contributed by atoms with Gasteiger partial charge in [0.05, 0.1) is 12.1 Å². The van der Waals surface area contributed by atoms with Crippen molar-refractivity contribution in [2.24, 2.45) is 5.92 Å². The highest BCUT2D eigenvalue weighted by molar-refractivity contribution is 5.82. The monoisotopic (exact) mass is 319 g/mol. The molecule has 1 fully saturated rings. The van der Waals surface area contributed by atoms with Gasteiger partial charge in [0, 0.05) is 32.7 Å². The van der Waals surface area contributed by atoms with Crippen molar-refractivity contribution < 1.29 is 9.90 Å². The van der Waals surface area contributed by atoms with Gasteiger partial charge in [0.25, 0.3) is 0 Å². The van der Waals surface area contributed by atoms with Crippen LogP contribution in [0.4, 0.5) is 0 Å². The third kappa shape index (κ3) is 5.30. The van der Waals surface area contributed by atoms with E-state index >= 15 is 0 Å².